The fourth-order valence-corrected chi connectivity index (χ4v) is 3.09. The van der Waals surface area contributed by atoms with E-state index in [1.54, 1.807) is 12.5 Å². The van der Waals surface area contributed by atoms with Crippen molar-refractivity contribution in [1.29, 1.82) is 0 Å². The summed E-state index contributed by atoms with van der Waals surface area (Å²) in [5.41, 5.74) is 15.4. The van der Waals surface area contributed by atoms with Crippen LogP contribution in [0.25, 0.3) is 17.5 Å². The van der Waals surface area contributed by atoms with Gasteiger partial charge in [-0.05, 0) is 54.9 Å². The average molecular weight is 461 g/mol. The van der Waals surface area contributed by atoms with Crippen LogP contribution < -0.4 is 16.8 Å². The number of pyridine rings is 1. The van der Waals surface area contributed by atoms with Crippen molar-refractivity contribution in [2.45, 2.75) is 39.7 Å². The maximum Gasteiger partial charge on any atom is 0.126 e. The number of benzene rings is 1. The molecule has 2 heterocycles. The lowest BCUT2D eigenvalue weighted by Gasteiger charge is -2.08. The minimum absolute atomic E-state index is 0.345. The first kappa shape index (κ1) is 26.4. The molecule has 1 aromatic carbocycles. The van der Waals surface area contributed by atoms with Gasteiger partial charge in [0.2, 0.25) is 0 Å². The summed E-state index contributed by atoms with van der Waals surface area (Å²) in [5, 5.41) is 7.92. The summed E-state index contributed by atoms with van der Waals surface area (Å²) in [6, 6.07) is 12.2. The molecule has 0 spiro atoms. The van der Waals surface area contributed by atoms with Crippen molar-refractivity contribution in [2.24, 2.45) is 11.5 Å². The highest BCUT2D eigenvalue weighted by Gasteiger charge is 2.07. The SMILES string of the molecule is C=C(O/C=C/c1cn(-c2ccc(CC)cc2)nc1CN)c1ccnc(NCCCC)c1.C=CN. The first-order valence-corrected chi connectivity index (χ1v) is 11.5. The Balaban J connectivity index is 0.00000129. The number of nitrogens with zero attached hydrogens (tertiary/aromatic N) is 3. The highest BCUT2D eigenvalue weighted by atomic mass is 16.5. The molecule has 0 bridgehead atoms. The molecule has 2 aromatic heterocycles. The molecule has 7 nitrogen and oxygen atoms in total. The van der Waals surface area contributed by atoms with Crippen LogP contribution in [0.1, 0.15) is 49.1 Å². The maximum absolute atomic E-state index is 5.89. The van der Waals surface area contributed by atoms with E-state index in [0.29, 0.717) is 12.3 Å². The third kappa shape index (κ3) is 7.94. The van der Waals surface area contributed by atoms with Crippen LogP contribution in [0.3, 0.4) is 0 Å². The number of hydrogen-bond acceptors (Lipinski definition) is 6. The van der Waals surface area contributed by atoms with Gasteiger partial charge in [0.1, 0.15) is 11.6 Å². The van der Waals surface area contributed by atoms with Gasteiger partial charge in [0.25, 0.3) is 0 Å². The number of nitrogens with two attached hydrogens (primary N) is 2. The number of aromatic nitrogens is 3. The van der Waals surface area contributed by atoms with Crippen molar-refractivity contribution in [2.75, 3.05) is 11.9 Å². The summed E-state index contributed by atoms with van der Waals surface area (Å²) < 4.78 is 7.59. The third-order valence-electron chi connectivity index (χ3n) is 5.00. The van der Waals surface area contributed by atoms with E-state index in [1.165, 1.54) is 11.8 Å². The van der Waals surface area contributed by atoms with E-state index < -0.39 is 0 Å². The monoisotopic (exact) mass is 460 g/mol. The zero-order valence-corrected chi connectivity index (χ0v) is 20.2. The lowest BCUT2D eigenvalue weighted by Crippen LogP contribution is -2.03. The summed E-state index contributed by atoms with van der Waals surface area (Å²) in [7, 11) is 0. The Morgan fingerprint density at radius 1 is 1.21 bits per heavy atom. The van der Waals surface area contributed by atoms with Crippen molar-refractivity contribution in [3.05, 3.63) is 96.8 Å². The van der Waals surface area contributed by atoms with Crippen LogP contribution in [0.5, 0.6) is 0 Å². The molecular formula is C27H36N6O. The van der Waals surface area contributed by atoms with E-state index in [0.717, 1.165) is 54.1 Å². The molecule has 0 aliphatic carbocycles. The molecule has 0 saturated carbocycles. The number of rotatable bonds is 11. The van der Waals surface area contributed by atoms with Crippen LogP contribution in [0, 0.1) is 0 Å². The molecular weight excluding hydrogens is 424 g/mol. The Labute approximate surface area is 202 Å². The average Bonchev–Trinajstić information content (AvgIpc) is 3.28. The fraction of sp³-hybridized carbons (Fsp3) is 0.259. The standard InChI is InChI=1S/C25H31N5O.C2H5N/c1-4-6-13-27-25-16-21(11-14-28-25)19(3)31-15-12-22-18-30(29-24(22)17-26)23-9-7-20(5-2)8-10-23;1-2-3/h7-12,14-16,18H,3-6,13,17,26H2,1-2H3,(H,27,28);2H,1,3H2/b15-12+;. The van der Waals surface area contributed by atoms with E-state index in [-0.39, 0.29) is 0 Å². The summed E-state index contributed by atoms with van der Waals surface area (Å²) in [4.78, 5) is 4.34. The molecule has 7 heteroatoms. The van der Waals surface area contributed by atoms with Gasteiger partial charge in [-0.2, -0.15) is 5.10 Å². The highest BCUT2D eigenvalue weighted by molar-refractivity contribution is 5.62. The highest BCUT2D eigenvalue weighted by Crippen LogP contribution is 2.19. The van der Waals surface area contributed by atoms with Crippen LogP contribution in [0.4, 0.5) is 5.82 Å². The second kappa shape index (κ2) is 14.3. The molecule has 0 amide bonds. The predicted octanol–water partition coefficient (Wildman–Crippen LogP) is 5.25. The van der Waals surface area contributed by atoms with Crippen molar-refractivity contribution in [3.63, 3.8) is 0 Å². The molecule has 0 aliphatic rings. The van der Waals surface area contributed by atoms with Gasteiger partial charge >= 0.3 is 0 Å². The van der Waals surface area contributed by atoms with Gasteiger partial charge in [0, 0.05) is 36.6 Å². The molecule has 0 radical (unpaired) electrons. The minimum Gasteiger partial charge on any atom is -0.465 e. The lowest BCUT2D eigenvalue weighted by atomic mass is 10.1. The van der Waals surface area contributed by atoms with Gasteiger partial charge in [-0.1, -0.05) is 45.6 Å². The van der Waals surface area contributed by atoms with E-state index in [1.807, 2.05) is 29.1 Å². The van der Waals surface area contributed by atoms with Crippen molar-refractivity contribution in [3.8, 4) is 5.69 Å². The van der Waals surface area contributed by atoms with Crippen molar-refractivity contribution >= 4 is 17.7 Å². The zero-order valence-electron chi connectivity index (χ0n) is 20.2. The molecule has 180 valence electrons. The van der Waals surface area contributed by atoms with Gasteiger partial charge < -0.3 is 21.5 Å². The summed E-state index contributed by atoms with van der Waals surface area (Å²) in [5.74, 6) is 1.37. The Morgan fingerprint density at radius 3 is 2.59 bits per heavy atom. The molecule has 0 fully saturated rings. The van der Waals surface area contributed by atoms with Crippen molar-refractivity contribution < 1.29 is 4.74 Å². The summed E-state index contributed by atoms with van der Waals surface area (Å²) >= 11 is 0. The molecule has 34 heavy (non-hydrogen) atoms. The van der Waals surface area contributed by atoms with E-state index in [9.17, 15) is 0 Å². The lowest BCUT2D eigenvalue weighted by molar-refractivity contribution is 0.442. The number of nitrogens with one attached hydrogen (secondary N) is 1. The summed E-state index contributed by atoms with van der Waals surface area (Å²) in [6.45, 7) is 12.7. The third-order valence-corrected chi connectivity index (χ3v) is 5.00. The van der Waals surface area contributed by atoms with Crippen molar-refractivity contribution in [1.82, 2.24) is 14.8 Å². The Hall–Kier alpha value is -3.84. The number of aryl methyl sites for hydroxylation is 1. The van der Waals surface area contributed by atoms with E-state index in [2.05, 4.69) is 72.4 Å². The number of ether oxygens (including phenoxy) is 1. The maximum atomic E-state index is 5.89. The zero-order chi connectivity index (χ0) is 24.8. The van der Waals surface area contributed by atoms with E-state index in [4.69, 9.17) is 10.5 Å². The fourth-order valence-electron chi connectivity index (χ4n) is 3.09. The largest absolute Gasteiger partial charge is 0.465 e. The first-order chi connectivity index (χ1) is 16.6. The molecule has 0 saturated heterocycles. The second-order valence-electron chi connectivity index (χ2n) is 7.49. The van der Waals surface area contributed by atoms with Crippen LogP contribution >= 0.6 is 0 Å². The Morgan fingerprint density at radius 2 is 1.94 bits per heavy atom. The molecule has 3 aromatic rings. The minimum atomic E-state index is 0.345. The molecule has 5 N–H and O–H groups in total. The first-order valence-electron chi connectivity index (χ1n) is 11.5. The smallest absolute Gasteiger partial charge is 0.126 e. The van der Waals surface area contributed by atoms with Gasteiger partial charge in [0.05, 0.1) is 17.6 Å². The Kier molecular flexibility index (Phi) is 11.1. The van der Waals surface area contributed by atoms with Crippen LogP contribution in [0.2, 0.25) is 0 Å². The van der Waals surface area contributed by atoms with Gasteiger partial charge in [-0.3, -0.25) is 0 Å². The molecule has 0 aliphatic heterocycles. The number of anilines is 1. The van der Waals surface area contributed by atoms with Crippen LogP contribution in [-0.2, 0) is 17.7 Å². The van der Waals surface area contributed by atoms with Gasteiger partial charge in [-0.15, -0.1) is 0 Å². The topological polar surface area (TPSA) is 104 Å². The van der Waals surface area contributed by atoms with Gasteiger partial charge in [-0.25, -0.2) is 9.67 Å². The molecule has 0 unspecified atom stereocenters. The molecule has 3 rings (SSSR count). The normalized spacial score (nSPS) is 10.4. The van der Waals surface area contributed by atoms with Crippen LogP contribution in [-0.4, -0.2) is 21.3 Å². The predicted molar refractivity (Wildman–Crippen MR) is 142 cm³/mol. The van der Waals surface area contributed by atoms with Gasteiger partial charge in [0.15, 0.2) is 0 Å². The summed E-state index contributed by atoms with van der Waals surface area (Å²) in [6.07, 6.45) is 11.7. The number of unbranched alkanes of at least 4 members (excludes halogenated alkanes) is 1. The Bertz CT molecular complexity index is 1070. The molecule has 0 atom stereocenters. The number of hydrogen-bond donors (Lipinski definition) is 3. The second-order valence-corrected chi connectivity index (χ2v) is 7.49. The quantitative estimate of drug-likeness (QED) is 0.267. The van der Waals surface area contributed by atoms with Crippen LogP contribution in [0.15, 0.2) is 74.4 Å². The van der Waals surface area contributed by atoms with E-state index >= 15 is 0 Å².